The van der Waals surface area contributed by atoms with Crippen LogP contribution in [0.1, 0.15) is 5.56 Å². The van der Waals surface area contributed by atoms with Crippen molar-refractivity contribution in [3.63, 3.8) is 0 Å². The lowest BCUT2D eigenvalue weighted by molar-refractivity contribution is -0.0428. The van der Waals surface area contributed by atoms with E-state index in [0.717, 1.165) is 6.20 Å². The molecule has 0 saturated heterocycles. The highest BCUT2D eigenvalue weighted by atomic mass is 35.5. The van der Waals surface area contributed by atoms with Crippen LogP contribution in [0, 0.1) is 0 Å². The Kier molecular flexibility index (Phi) is 3.97. The maximum atomic E-state index is 12.8. The average molecular weight is 360 g/mol. The third-order valence-electron chi connectivity index (χ3n) is 3.09. The second-order valence-electron chi connectivity index (χ2n) is 4.67. The van der Waals surface area contributed by atoms with Crippen LogP contribution in [0.25, 0.3) is 0 Å². The number of alkyl halides is 4. The highest BCUT2D eigenvalue weighted by Crippen LogP contribution is 2.48. The predicted molar refractivity (Wildman–Crippen MR) is 74.7 cm³/mol. The minimum atomic E-state index is -5.52. The fourth-order valence-corrected chi connectivity index (χ4v) is 4.09. The van der Waals surface area contributed by atoms with Crippen LogP contribution in [0.2, 0.25) is 5.02 Å². The van der Waals surface area contributed by atoms with Crippen LogP contribution in [-0.4, -0.2) is 32.4 Å². The van der Waals surface area contributed by atoms with E-state index in [1.807, 2.05) is 0 Å². The van der Waals surface area contributed by atoms with Gasteiger partial charge in [0.2, 0.25) is 0 Å². The second-order valence-corrected chi connectivity index (χ2v) is 7.66. The van der Waals surface area contributed by atoms with E-state index in [4.69, 9.17) is 23.2 Å². The molecule has 3 nitrogen and oxygen atoms in total. The molecule has 1 aromatic carbocycles. The molecule has 21 heavy (non-hydrogen) atoms. The van der Waals surface area contributed by atoms with Crippen molar-refractivity contribution >= 4 is 33.0 Å². The van der Waals surface area contributed by atoms with Gasteiger partial charge >= 0.3 is 5.51 Å². The van der Waals surface area contributed by atoms with Gasteiger partial charge in [-0.2, -0.15) is 13.2 Å². The number of sulfone groups is 1. The fraction of sp³-hybridized carbons (Fsp3) is 0.333. The summed E-state index contributed by atoms with van der Waals surface area (Å²) in [6.07, 6.45) is 0.907. The molecule has 1 unspecified atom stereocenters. The van der Waals surface area contributed by atoms with Crippen molar-refractivity contribution in [2.45, 2.75) is 10.4 Å². The topological polar surface area (TPSA) is 37.4 Å². The van der Waals surface area contributed by atoms with Gasteiger partial charge in [0.1, 0.15) is 4.87 Å². The largest absolute Gasteiger partial charge is 0.501 e. The Hall–Kier alpha value is -0.920. The standard InChI is InChI=1S/C12H10Cl2F3NO2S/c1-18-6-10(21(19,20)12(15,16)17)11(14,7-18)8-2-4-9(13)5-3-8/h2-6H,7H2,1H3. The summed E-state index contributed by atoms with van der Waals surface area (Å²) in [7, 11) is -4.07. The SMILES string of the molecule is CN1C=C(S(=O)(=O)C(F)(F)F)C(Cl)(c2ccc(Cl)cc2)C1. The maximum Gasteiger partial charge on any atom is 0.501 e. The van der Waals surface area contributed by atoms with Crippen molar-refractivity contribution < 1.29 is 21.6 Å². The Bertz CT molecular complexity index is 685. The Morgan fingerprint density at radius 1 is 1.24 bits per heavy atom. The van der Waals surface area contributed by atoms with Gasteiger partial charge in [-0.05, 0) is 17.7 Å². The summed E-state index contributed by atoms with van der Waals surface area (Å²) in [5.74, 6) is 0. The van der Waals surface area contributed by atoms with Crippen LogP contribution < -0.4 is 0 Å². The van der Waals surface area contributed by atoms with Crippen molar-refractivity contribution in [2.75, 3.05) is 13.6 Å². The van der Waals surface area contributed by atoms with Crippen LogP contribution in [0.4, 0.5) is 13.2 Å². The van der Waals surface area contributed by atoms with E-state index in [-0.39, 0.29) is 12.1 Å². The van der Waals surface area contributed by atoms with Crippen molar-refractivity contribution in [1.29, 1.82) is 0 Å². The normalized spacial score (nSPS) is 23.3. The van der Waals surface area contributed by atoms with Crippen molar-refractivity contribution in [2.24, 2.45) is 0 Å². The summed E-state index contributed by atoms with van der Waals surface area (Å²) in [5.41, 5.74) is -5.17. The molecule has 1 heterocycles. The van der Waals surface area contributed by atoms with E-state index >= 15 is 0 Å². The molecule has 2 rings (SSSR count). The average Bonchev–Trinajstić information content (AvgIpc) is 2.65. The first kappa shape index (κ1) is 16.5. The summed E-state index contributed by atoms with van der Waals surface area (Å²) in [5, 5.41) is 0.370. The maximum absolute atomic E-state index is 12.8. The smallest absolute Gasteiger partial charge is 0.377 e. The van der Waals surface area contributed by atoms with Crippen molar-refractivity contribution in [1.82, 2.24) is 4.90 Å². The quantitative estimate of drug-likeness (QED) is 0.758. The third kappa shape index (κ3) is 2.74. The van der Waals surface area contributed by atoms with Crippen LogP contribution in [0.15, 0.2) is 35.4 Å². The first-order valence-corrected chi connectivity index (χ1v) is 7.91. The molecule has 9 heteroatoms. The molecule has 0 amide bonds. The first-order chi connectivity index (χ1) is 9.48. The zero-order valence-corrected chi connectivity index (χ0v) is 13.0. The summed E-state index contributed by atoms with van der Waals surface area (Å²) in [6, 6.07) is 5.71. The van der Waals surface area contributed by atoms with Gasteiger partial charge in [-0.1, -0.05) is 23.7 Å². The Balaban J connectivity index is 2.59. The van der Waals surface area contributed by atoms with Crippen LogP contribution in [0.5, 0.6) is 0 Å². The highest BCUT2D eigenvalue weighted by molar-refractivity contribution is 7.96. The molecule has 0 aliphatic carbocycles. The lowest BCUT2D eigenvalue weighted by Gasteiger charge is -2.26. The molecule has 0 N–H and O–H groups in total. The molecule has 0 bridgehead atoms. The van der Waals surface area contributed by atoms with Gasteiger partial charge in [0.15, 0.2) is 0 Å². The zero-order chi connectivity index (χ0) is 16.1. The Labute approximate surface area is 129 Å². The Morgan fingerprint density at radius 2 is 1.76 bits per heavy atom. The molecular weight excluding hydrogens is 350 g/mol. The molecule has 1 aromatic rings. The number of benzene rings is 1. The van der Waals surface area contributed by atoms with Crippen LogP contribution in [0.3, 0.4) is 0 Å². The summed E-state index contributed by atoms with van der Waals surface area (Å²) >= 11 is 12.0. The first-order valence-electron chi connectivity index (χ1n) is 5.67. The number of hydrogen-bond donors (Lipinski definition) is 0. The molecule has 0 radical (unpaired) electrons. The van der Waals surface area contributed by atoms with Gasteiger partial charge in [0, 0.05) is 24.8 Å². The molecule has 0 fully saturated rings. The van der Waals surface area contributed by atoms with E-state index in [1.54, 1.807) is 0 Å². The number of nitrogens with zero attached hydrogens (tertiary/aromatic N) is 1. The minimum absolute atomic E-state index is 0.0964. The lowest BCUT2D eigenvalue weighted by Crippen LogP contribution is -2.35. The van der Waals surface area contributed by atoms with E-state index in [9.17, 15) is 21.6 Å². The zero-order valence-electron chi connectivity index (χ0n) is 10.7. The van der Waals surface area contributed by atoms with Crippen molar-refractivity contribution in [3.8, 4) is 0 Å². The predicted octanol–water partition coefficient (Wildman–Crippen LogP) is 3.50. The van der Waals surface area contributed by atoms with Gasteiger partial charge in [-0.3, -0.25) is 0 Å². The number of halogens is 5. The van der Waals surface area contributed by atoms with Gasteiger partial charge in [0.05, 0.1) is 4.91 Å². The van der Waals surface area contributed by atoms with Gasteiger partial charge < -0.3 is 4.90 Å². The number of likely N-dealkylation sites (N-methyl/N-ethyl adjacent to an activating group) is 1. The molecule has 0 spiro atoms. The van der Waals surface area contributed by atoms with Crippen molar-refractivity contribution in [3.05, 3.63) is 46.0 Å². The van der Waals surface area contributed by atoms with E-state index in [1.165, 1.54) is 36.2 Å². The highest BCUT2D eigenvalue weighted by Gasteiger charge is 2.57. The molecule has 1 atom stereocenters. The molecule has 1 aliphatic rings. The van der Waals surface area contributed by atoms with Crippen LogP contribution >= 0.6 is 23.2 Å². The van der Waals surface area contributed by atoms with Gasteiger partial charge in [-0.25, -0.2) is 8.42 Å². The Morgan fingerprint density at radius 3 is 2.24 bits per heavy atom. The second kappa shape index (κ2) is 5.07. The summed E-state index contributed by atoms with van der Waals surface area (Å²) in [6.45, 7) is -0.0964. The fourth-order valence-electron chi connectivity index (χ4n) is 2.12. The molecular formula is C12H10Cl2F3NO2S. The minimum Gasteiger partial charge on any atom is -0.377 e. The molecule has 0 aromatic heterocycles. The van der Waals surface area contributed by atoms with Crippen LogP contribution in [-0.2, 0) is 14.7 Å². The molecule has 0 saturated carbocycles. The molecule has 1 aliphatic heterocycles. The van der Waals surface area contributed by atoms with Gasteiger partial charge in [-0.15, -0.1) is 11.6 Å². The molecule has 116 valence electrons. The van der Waals surface area contributed by atoms with E-state index < -0.39 is 25.1 Å². The van der Waals surface area contributed by atoms with E-state index in [0.29, 0.717) is 5.02 Å². The number of hydrogen-bond acceptors (Lipinski definition) is 3. The summed E-state index contributed by atoms with van der Waals surface area (Å²) in [4.78, 5) is -1.37. The van der Waals surface area contributed by atoms with E-state index in [2.05, 4.69) is 0 Å². The third-order valence-corrected chi connectivity index (χ3v) is 5.64. The summed E-state index contributed by atoms with van der Waals surface area (Å²) < 4.78 is 61.9. The van der Waals surface area contributed by atoms with Gasteiger partial charge in [0.25, 0.3) is 9.84 Å². The lowest BCUT2D eigenvalue weighted by atomic mass is 9.99. The monoisotopic (exact) mass is 359 g/mol. The number of rotatable bonds is 2.